The molecular formula is C8H6N4O. The minimum absolute atomic E-state index is 0.431. The standard InChI is InChI=1S/C8H6N4O/c13-5-6-3-11-8(12-6)7-4-9-1-2-10-7/h1-5H,(H,11,12). The fourth-order valence-electron chi connectivity index (χ4n) is 0.947. The zero-order valence-electron chi connectivity index (χ0n) is 6.64. The van der Waals surface area contributed by atoms with Gasteiger partial charge in [-0.05, 0) is 0 Å². The number of aldehydes is 1. The molecule has 5 heteroatoms. The predicted molar refractivity (Wildman–Crippen MR) is 45.0 cm³/mol. The topological polar surface area (TPSA) is 71.5 Å². The average Bonchev–Trinajstić information content (AvgIpc) is 2.67. The maximum Gasteiger partial charge on any atom is 0.167 e. The minimum atomic E-state index is 0.431. The molecule has 0 saturated carbocycles. The van der Waals surface area contributed by atoms with Crippen LogP contribution in [0, 0.1) is 0 Å². The van der Waals surface area contributed by atoms with Gasteiger partial charge in [0.2, 0.25) is 0 Å². The van der Waals surface area contributed by atoms with Gasteiger partial charge in [-0.1, -0.05) is 0 Å². The van der Waals surface area contributed by atoms with Crippen LogP contribution >= 0.6 is 0 Å². The monoisotopic (exact) mass is 174 g/mol. The van der Waals surface area contributed by atoms with Crippen LogP contribution in [0.5, 0.6) is 0 Å². The van der Waals surface area contributed by atoms with Crippen molar-refractivity contribution in [3.8, 4) is 11.5 Å². The summed E-state index contributed by atoms with van der Waals surface area (Å²) >= 11 is 0. The van der Waals surface area contributed by atoms with E-state index in [1.165, 1.54) is 6.20 Å². The Labute approximate surface area is 73.9 Å². The van der Waals surface area contributed by atoms with Crippen molar-refractivity contribution >= 4 is 6.29 Å². The number of carbonyl (C=O) groups excluding carboxylic acids is 1. The predicted octanol–water partition coefficient (Wildman–Crippen LogP) is 0.679. The van der Waals surface area contributed by atoms with E-state index in [2.05, 4.69) is 19.9 Å². The number of H-pyrrole nitrogens is 1. The molecule has 0 radical (unpaired) electrons. The van der Waals surface area contributed by atoms with Crippen LogP contribution in [0.1, 0.15) is 10.5 Å². The lowest BCUT2D eigenvalue weighted by Crippen LogP contribution is -1.86. The molecule has 0 unspecified atom stereocenters. The summed E-state index contributed by atoms with van der Waals surface area (Å²) in [7, 11) is 0. The van der Waals surface area contributed by atoms with Crippen molar-refractivity contribution in [2.45, 2.75) is 0 Å². The molecule has 0 aliphatic carbocycles. The molecule has 64 valence electrons. The SMILES string of the molecule is O=Cc1cnc(-c2cnccn2)[nH]1. The number of rotatable bonds is 2. The van der Waals surface area contributed by atoms with E-state index < -0.39 is 0 Å². The second-order valence-corrected chi connectivity index (χ2v) is 2.40. The Hall–Kier alpha value is -2.04. The number of hydrogen-bond acceptors (Lipinski definition) is 4. The molecule has 0 spiro atoms. The van der Waals surface area contributed by atoms with E-state index in [1.54, 1.807) is 18.6 Å². The first kappa shape index (κ1) is 7.60. The van der Waals surface area contributed by atoms with Gasteiger partial charge in [0, 0.05) is 12.4 Å². The van der Waals surface area contributed by atoms with Gasteiger partial charge in [-0.15, -0.1) is 0 Å². The lowest BCUT2D eigenvalue weighted by molar-refractivity contribution is 0.111. The number of aromatic nitrogens is 4. The zero-order valence-corrected chi connectivity index (χ0v) is 6.64. The number of nitrogens with one attached hydrogen (secondary N) is 1. The normalized spacial score (nSPS) is 9.85. The largest absolute Gasteiger partial charge is 0.334 e. The summed E-state index contributed by atoms with van der Waals surface area (Å²) in [5.41, 5.74) is 1.05. The highest BCUT2D eigenvalue weighted by atomic mass is 16.1. The highest BCUT2D eigenvalue weighted by molar-refractivity contribution is 5.72. The summed E-state index contributed by atoms with van der Waals surface area (Å²) < 4.78 is 0. The maximum atomic E-state index is 10.3. The summed E-state index contributed by atoms with van der Waals surface area (Å²) in [6, 6.07) is 0. The van der Waals surface area contributed by atoms with Crippen molar-refractivity contribution in [2.24, 2.45) is 0 Å². The van der Waals surface area contributed by atoms with E-state index in [0.29, 0.717) is 23.5 Å². The number of hydrogen-bond donors (Lipinski definition) is 1. The van der Waals surface area contributed by atoms with Crippen LogP contribution in [-0.4, -0.2) is 26.2 Å². The molecule has 0 atom stereocenters. The van der Waals surface area contributed by atoms with E-state index in [4.69, 9.17) is 0 Å². The van der Waals surface area contributed by atoms with Crippen molar-refractivity contribution in [3.63, 3.8) is 0 Å². The van der Waals surface area contributed by atoms with Crippen molar-refractivity contribution in [1.82, 2.24) is 19.9 Å². The number of imidazole rings is 1. The van der Waals surface area contributed by atoms with Crippen LogP contribution in [0.2, 0.25) is 0 Å². The summed E-state index contributed by atoms with van der Waals surface area (Å²) in [6.45, 7) is 0. The molecule has 0 aliphatic rings. The molecule has 2 aromatic heterocycles. The molecule has 2 rings (SSSR count). The molecule has 13 heavy (non-hydrogen) atoms. The average molecular weight is 174 g/mol. The molecular weight excluding hydrogens is 168 g/mol. The highest BCUT2D eigenvalue weighted by Crippen LogP contribution is 2.09. The summed E-state index contributed by atoms with van der Waals surface area (Å²) in [6.07, 6.45) is 6.88. The van der Waals surface area contributed by atoms with E-state index in [-0.39, 0.29) is 0 Å². The van der Waals surface area contributed by atoms with Crippen molar-refractivity contribution in [2.75, 3.05) is 0 Å². The van der Waals surface area contributed by atoms with Gasteiger partial charge in [0.1, 0.15) is 5.69 Å². The van der Waals surface area contributed by atoms with Crippen LogP contribution in [-0.2, 0) is 0 Å². The van der Waals surface area contributed by atoms with Gasteiger partial charge in [0.15, 0.2) is 12.1 Å². The molecule has 0 bridgehead atoms. The van der Waals surface area contributed by atoms with Crippen LogP contribution in [0.4, 0.5) is 0 Å². The molecule has 0 amide bonds. The third-order valence-corrected chi connectivity index (χ3v) is 1.53. The quantitative estimate of drug-likeness (QED) is 0.679. The molecule has 0 saturated heterocycles. The van der Waals surface area contributed by atoms with E-state index in [9.17, 15) is 4.79 Å². The van der Waals surface area contributed by atoms with Gasteiger partial charge in [-0.25, -0.2) is 9.97 Å². The van der Waals surface area contributed by atoms with Crippen LogP contribution in [0.15, 0.2) is 24.8 Å². The highest BCUT2D eigenvalue weighted by Gasteiger charge is 2.02. The van der Waals surface area contributed by atoms with Crippen LogP contribution < -0.4 is 0 Å². The number of aromatic amines is 1. The van der Waals surface area contributed by atoms with Crippen molar-refractivity contribution in [3.05, 3.63) is 30.5 Å². The molecule has 1 N–H and O–H groups in total. The second-order valence-electron chi connectivity index (χ2n) is 2.40. The third kappa shape index (κ3) is 1.44. The maximum absolute atomic E-state index is 10.3. The van der Waals surface area contributed by atoms with Crippen molar-refractivity contribution in [1.29, 1.82) is 0 Å². The smallest absolute Gasteiger partial charge is 0.167 e. The molecule has 2 heterocycles. The Morgan fingerprint density at radius 1 is 1.23 bits per heavy atom. The van der Waals surface area contributed by atoms with E-state index in [0.717, 1.165) is 0 Å². The summed E-state index contributed by atoms with van der Waals surface area (Å²) in [4.78, 5) is 25.0. The van der Waals surface area contributed by atoms with Gasteiger partial charge in [0.25, 0.3) is 0 Å². The van der Waals surface area contributed by atoms with E-state index in [1.807, 2.05) is 0 Å². The molecule has 0 aromatic carbocycles. The Bertz CT molecular complexity index is 409. The first-order valence-electron chi connectivity index (χ1n) is 3.67. The Morgan fingerprint density at radius 3 is 2.77 bits per heavy atom. The van der Waals surface area contributed by atoms with Crippen LogP contribution in [0.3, 0.4) is 0 Å². The lowest BCUT2D eigenvalue weighted by Gasteiger charge is -1.91. The van der Waals surface area contributed by atoms with Crippen molar-refractivity contribution < 1.29 is 4.79 Å². The second kappa shape index (κ2) is 3.14. The molecule has 2 aromatic rings. The molecule has 0 fully saturated rings. The fourth-order valence-corrected chi connectivity index (χ4v) is 0.947. The summed E-state index contributed by atoms with van der Waals surface area (Å²) in [5.74, 6) is 0.551. The Morgan fingerprint density at radius 2 is 2.15 bits per heavy atom. The number of carbonyl (C=O) groups is 1. The van der Waals surface area contributed by atoms with Gasteiger partial charge >= 0.3 is 0 Å². The minimum Gasteiger partial charge on any atom is -0.334 e. The molecule has 5 nitrogen and oxygen atoms in total. The Balaban J connectivity index is 2.41. The van der Waals surface area contributed by atoms with Gasteiger partial charge in [0.05, 0.1) is 18.1 Å². The van der Waals surface area contributed by atoms with E-state index >= 15 is 0 Å². The molecule has 0 aliphatic heterocycles. The first-order chi connectivity index (χ1) is 6.40. The lowest BCUT2D eigenvalue weighted by atomic mass is 10.4. The van der Waals surface area contributed by atoms with Crippen LogP contribution in [0.25, 0.3) is 11.5 Å². The fraction of sp³-hybridized carbons (Fsp3) is 0. The number of nitrogens with zero attached hydrogens (tertiary/aromatic N) is 3. The first-order valence-corrected chi connectivity index (χ1v) is 3.67. The summed E-state index contributed by atoms with van der Waals surface area (Å²) in [5, 5.41) is 0. The Kier molecular flexibility index (Phi) is 1.84. The van der Waals surface area contributed by atoms with Gasteiger partial charge < -0.3 is 4.98 Å². The zero-order chi connectivity index (χ0) is 9.10. The van der Waals surface area contributed by atoms with Gasteiger partial charge in [-0.2, -0.15) is 0 Å². The van der Waals surface area contributed by atoms with Gasteiger partial charge in [-0.3, -0.25) is 9.78 Å². The third-order valence-electron chi connectivity index (χ3n) is 1.53.